The number of carbonyl (C=O) groups excluding carboxylic acids is 4. The van der Waals surface area contributed by atoms with E-state index in [1.165, 1.54) is 19.9 Å². The predicted molar refractivity (Wildman–Crippen MR) is 104 cm³/mol. The van der Waals surface area contributed by atoms with Gasteiger partial charge in [0.25, 0.3) is 11.8 Å². The van der Waals surface area contributed by atoms with Crippen LogP contribution < -0.4 is 10.6 Å². The number of amides is 2. The van der Waals surface area contributed by atoms with Crippen molar-refractivity contribution < 1.29 is 23.9 Å². The maximum Gasteiger partial charge on any atom is 0.328 e. The topological polar surface area (TPSA) is 102 Å². The van der Waals surface area contributed by atoms with Gasteiger partial charge in [-0.15, -0.1) is 0 Å². The lowest BCUT2D eigenvalue weighted by molar-refractivity contribution is -0.148. The number of aryl methyl sites for hydroxylation is 1. The lowest BCUT2D eigenvalue weighted by Crippen LogP contribution is -2.40. The molecule has 0 unspecified atom stereocenters. The Morgan fingerprint density at radius 2 is 1.68 bits per heavy atom. The summed E-state index contributed by atoms with van der Waals surface area (Å²) in [7, 11) is 0. The molecule has 0 spiro atoms. The molecule has 7 heteroatoms. The molecular formula is C21H22N2O5. The molecule has 0 saturated carbocycles. The zero-order valence-electron chi connectivity index (χ0n) is 15.9. The Bertz CT molecular complexity index is 907. The Morgan fingerprint density at radius 3 is 2.36 bits per heavy atom. The second-order valence-corrected chi connectivity index (χ2v) is 6.36. The first kappa shape index (κ1) is 20.8. The van der Waals surface area contributed by atoms with E-state index >= 15 is 0 Å². The van der Waals surface area contributed by atoms with Crippen LogP contribution in [0.25, 0.3) is 0 Å². The highest BCUT2D eigenvalue weighted by molar-refractivity contribution is 5.98. The molecule has 2 rings (SSSR count). The number of hydrogen-bond acceptors (Lipinski definition) is 5. The van der Waals surface area contributed by atoms with Crippen LogP contribution in [0.2, 0.25) is 0 Å². The van der Waals surface area contributed by atoms with Crippen molar-refractivity contribution in [1.82, 2.24) is 5.32 Å². The van der Waals surface area contributed by atoms with Gasteiger partial charge in [0.15, 0.2) is 12.4 Å². The van der Waals surface area contributed by atoms with Crippen molar-refractivity contribution in [1.29, 1.82) is 0 Å². The third-order valence-corrected chi connectivity index (χ3v) is 3.88. The first-order valence-electron chi connectivity index (χ1n) is 8.71. The van der Waals surface area contributed by atoms with E-state index in [-0.39, 0.29) is 5.78 Å². The smallest absolute Gasteiger partial charge is 0.328 e. The fraction of sp³-hybridized carbons (Fsp3) is 0.238. The summed E-state index contributed by atoms with van der Waals surface area (Å²) in [6.45, 7) is 4.26. The minimum atomic E-state index is -0.915. The molecule has 7 nitrogen and oxygen atoms in total. The SMILES string of the molecule is CC(=O)c1cccc(NC(=O)COC(=O)[C@H](C)NC(=O)c2cccc(C)c2)c1. The molecule has 146 valence electrons. The van der Waals surface area contributed by atoms with Gasteiger partial charge in [0.05, 0.1) is 0 Å². The highest BCUT2D eigenvalue weighted by Gasteiger charge is 2.19. The van der Waals surface area contributed by atoms with Gasteiger partial charge in [-0.2, -0.15) is 0 Å². The van der Waals surface area contributed by atoms with E-state index in [0.717, 1.165) is 5.56 Å². The maximum absolute atomic E-state index is 12.2. The molecule has 0 aliphatic heterocycles. The fourth-order valence-electron chi connectivity index (χ4n) is 2.40. The van der Waals surface area contributed by atoms with Gasteiger partial charge in [-0.1, -0.05) is 29.8 Å². The largest absolute Gasteiger partial charge is 0.454 e. The van der Waals surface area contributed by atoms with Crippen LogP contribution >= 0.6 is 0 Å². The highest BCUT2D eigenvalue weighted by atomic mass is 16.5. The van der Waals surface area contributed by atoms with Gasteiger partial charge in [0.2, 0.25) is 0 Å². The van der Waals surface area contributed by atoms with Crippen molar-refractivity contribution >= 4 is 29.3 Å². The van der Waals surface area contributed by atoms with Crippen molar-refractivity contribution in [3.63, 3.8) is 0 Å². The number of esters is 1. The van der Waals surface area contributed by atoms with Gasteiger partial charge >= 0.3 is 5.97 Å². The molecule has 2 amide bonds. The minimum absolute atomic E-state index is 0.124. The summed E-state index contributed by atoms with van der Waals surface area (Å²) >= 11 is 0. The van der Waals surface area contributed by atoms with Crippen LogP contribution in [0.3, 0.4) is 0 Å². The summed E-state index contributed by atoms with van der Waals surface area (Å²) < 4.78 is 4.94. The zero-order chi connectivity index (χ0) is 20.7. The van der Waals surface area contributed by atoms with E-state index in [0.29, 0.717) is 16.8 Å². The van der Waals surface area contributed by atoms with Crippen LogP contribution in [0, 0.1) is 6.92 Å². The monoisotopic (exact) mass is 382 g/mol. The summed E-state index contributed by atoms with van der Waals surface area (Å²) in [6, 6.07) is 12.5. The number of anilines is 1. The Kier molecular flexibility index (Phi) is 7.03. The molecule has 0 aliphatic rings. The summed E-state index contributed by atoms with van der Waals surface area (Å²) in [5.74, 6) is -1.81. The van der Waals surface area contributed by atoms with E-state index in [9.17, 15) is 19.2 Å². The van der Waals surface area contributed by atoms with Gasteiger partial charge in [0, 0.05) is 16.8 Å². The summed E-state index contributed by atoms with van der Waals surface area (Å²) in [6.07, 6.45) is 0. The average molecular weight is 382 g/mol. The van der Waals surface area contributed by atoms with E-state index < -0.39 is 30.4 Å². The number of nitrogens with one attached hydrogen (secondary N) is 2. The number of Topliss-reactive ketones (excluding diaryl/α,β-unsaturated/α-hetero) is 1. The van der Waals surface area contributed by atoms with Gasteiger partial charge in [-0.25, -0.2) is 4.79 Å². The van der Waals surface area contributed by atoms with Crippen molar-refractivity contribution in [2.75, 3.05) is 11.9 Å². The first-order valence-corrected chi connectivity index (χ1v) is 8.71. The number of rotatable bonds is 7. The first-order chi connectivity index (χ1) is 13.3. The lowest BCUT2D eigenvalue weighted by atomic mass is 10.1. The Hall–Kier alpha value is -3.48. The molecule has 0 heterocycles. The number of ketones is 1. The molecule has 2 aromatic carbocycles. The molecule has 28 heavy (non-hydrogen) atoms. The highest BCUT2D eigenvalue weighted by Crippen LogP contribution is 2.11. The third kappa shape index (κ3) is 6.05. The lowest BCUT2D eigenvalue weighted by Gasteiger charge is -2.14. The molecule has 0 bridgehead atoms. The van der Waals surface area contributed by atoms with Gasteiger partial charge in [0.1, 0.15) is 6.04 Å². The second kappa shape index (κ2) is 9.45. The van der Waals surface area contributed by atoms with Crippen LogP contribution in [0.4, 0.5) is 5.69 Å². The predicted octanol–water partition coefficient (Wildman–Crippen LogP) is 2.50. The molecule has 0 aromatic heterocycles. The van der Waals surface area contributed by atoms with Crippen molar-refractivity contribution in [2.24, 2.45) is 0 Å². The van der Waals surface area contributed by atoms with E-state index in [4.69, 9.17) is 4.74 Å². The third-order valence-electron chi connectivity index (χ3n) is 3.88. The Morgan fingerprint density at radius 1 is 1.00 bits per heavy atom. The number of hydrogen-bond donors (Lipinski definition) is 2. The van der Waals surface area contributed by atoms with E-state index in [1.54, 1.807) is 36.4 Å². The average Bonchev–Trinajstić information content (AvgIpc) is 2.66. The molecule has 0 fully saturated rings. The second-order valence-electron chi connectivity index (χ2n) is 6.36. The van der Waals surface area contributed by atoms with Crippen molar-refractivity contribution in [3.8, 4) is 0 Å². The number of carbonyl (C=O) groups is 4. The van der Waals surface area contributed by atoms with Gasteiger partial charge < -0.3 is 15.4 Å². The Balaban J connectivity index is 1.83. The van der Waals surface area contributed by atoms with E-state index in [2.05, 4.69) is 10.6 Å². The molecular weight excluding hydrogens is 360 g/mol. The molecule has 2 N–H and O–H groups in total. The summed E-state index contributed by atoms with van der Waals surface area (Å²) in [5, 5.41) is 5.08. The van der Waals surface area contributed by atoms with Crippen LogP contribution in [0.5, 0.6) is 0 Å². The summed E-state index contributed by atoms with van der Waals surface area (Å²) in [5.41, 5.74) is 2.24. The van der Waals surface area contributed by atoms with Crippen LogP contribution in [-0.4, -0.2) is 36.2 Å². The molecule has 0 radical (unpaired) electrons. The van der Waals surface area contributed by atoms with Crippen LogP contribution in [0.1, 0.15) is 40.1 Å². The van der Waals surface area contributed by atoms with E-state index in [1.807, 2.05) is 13.0 Å². The van der Waals surface area contributed by atoms with Crippen molar-refractivity contribution in [3.05, 3.63) is 65.2 Å². The fourth-order valence-corrected chi connectivity index (χ4v) is 2.40. The minimum Gasteiger partial charge on any atom is -0.454 e. The van der Waals surface area contributed by atoms with Crippen molar-refractivity contribution in [2.45, 2.75) is 26.8 Å². The molecule has 0 aliphatic carbocycles. The standard InChI is InChI=1S/C21H22N2O5/c1-13-6-4-8-17(10-13)20(26)22-14(2)21(27)28-12-19(25)23-18-9-5-7-16(11-18)15(3)24/h4-11,14H,12H2,1-3H3,(H,22,26)(H,23,25)/t14-/m0/s1. The van der Waals surface area contributed by atoms with Crippen LogP contribution in [-0.2, 0) is 14.3 Å². The van der Waals surface area contributed by atoms with Gasteiger partial charge in [-0.05, 0) is 45.0 Å². The Labute approximate surface area is 163 Å². The number of ether oxygens (including phenoxy) is 1. The normalized spacial score (nSPS) is 11.2. The molecule has 1 atom stereocenters. The summed E-state index contributed by atoms with van der Waals surface area (Å²) in [4.78, 5) is 47.5. The quantitative estimate of drug-likeness (QED) is 0.566. The molecule has 0 saturated heterocycles. The maximum atomic E-state index is 12.2. The van der Waals surface area contributed by atoms with Gasteiger partial charge in [-0.3, -0.25) is 14.4 Å². The van der Waals surface area contributed by atoms with Crippen LogP contribution in [0.15, 0.2) is 48.5 Å². The zero-order valence-corrected chi connectivity index (χ0v) is 15.9. The molecule has 2 aromatic rings. The number of benzene rings is 2.